The Morgan fingerprint density at radius 1 is 0.973 bits per heavy atom. The number of nitrogens with one attached hydrogen (secondary N) is 1. The van der Waals surface area contributed by atoms with Gasteiger partial charge in [0.1, 0.15) is 23.5 Å². The van der Waals surface area contributed by atoms with Crippen LogP contribution in [0.3, 0.4) is 0 Å². The van der Waals surface area contributed by atoms with Crippen LogP contribution in [0.15, 0.2) is 85.2 Å². The van der Waals surface area contributed by atoms with E-state index in [1.807, 2.05) is 44.4 Å². The van der Waals surface area contributed by atoms with Crippen molar-refractivity contribution in [3.05, 3.63) is 96.6 Å². The van der Waals surface area contributed by atoms with Crippen LogP contribution in [0.4, 0.5) is 20.6 Å². The summed E-state index contributed by atoms with van der Waals surface area (Å²) >= 11 is 0. The summed E-state index contributed by atoms with van der Waals surface area (Å²) < 4.78 is 19.9. The van der Waals surface area contributed by atoms with Crippen molar-refractivity contribution in [1.82, 2.24) is 19.9 Å². The molecule has 37 heavy (non-hydrogen) atoms. The monoisotopic (exact) mass is 496 g/mol. The fourth-order valence-corrected chi connectivity index (χ4v) is 4.25. The molecule has 8 nitrogen and oxygen atoms in total. The highest BCUT2D eigenvalue weighted by molar-refractivity contribution is 5.98. The van der Waals surface area contributed by atoms with Gasteiger partial charge in [0.15, 0.2) is 0 Å². The number of carbonyl (C=O) groups excluding carboxylic acids is 1. The number of carbonyl (C=O) groups is 1. The highest BCUT2D eigenvalue weighted by Crippen LogP contribution is 2.37. The second kappa shape index (κ2) is 10.1. The molecule has 2 aromatic heterocycles. The van der Waals surface area contributed by atoms with Gasteiger partial charge in [-0.2, -0.15) is 0 Å². The lowest BCUT2D eigenvalue weighted by Crippen LogP contribution is -2.31. The summed E-state index contributed by atoms with van der Waals surface area (Å²) in [6.45, 7) is 0.647. The number of H-pyrrole nitrogens is 1. The first-order valence-corrected chi connectivity index (χ1v) is 11.6. The first-order chi connectivity index (χ1) is 17.9. The van der Waals surface area contributed by atoms with Gasteiger partial charge in [-0.3, -0.25) is 4.90 Å². The minimum absolute atomic E-state index is 0.327. The maximum absolute atomic E-state index is 13.7. The molecule has 0 aliphatic heterocycles. The number of nitrogens with two attached hydrogens (primary N) is 1. The standard InChI is InChI=1S/C28H25FN6O2/c1-34(2)16-23-24-26(33-25(23)18-7-4-3-5-8-18)31-17-32-27(24)37-22-13-11-20(12-14-22)35(28(30)36)21-10-6-9-19(29)15-21/h3-15,17H,16H2,1-2H3,(H2,30,36)(H,31,32,33). The van der Waals surface area contributed by atoms with Crippen molar-refractivity contribution in [3.8, 4) is 22.9 Å². The molecule has 0 bridgehead atoms. The summed E-state index contributed by atoms with van der Waals surface area (Å²) in [5.41, 5.74) is 10.1. The zero-order valence-electron chi connectivity index (χ0n) is 20.4. The number of hydrogen-bond donors (Lipinski definition) is 2. The summed E-state index contributed by atoms with van der Waals surface area (Å²) in [6.07, 6.45) is 1.45. The van der Waals surface area contributed by atoms with Gasteiger partial charge in [-0.1, -0.05) is 36.4 Å². The van der Waals surface area contributed by atoms with Crippen LogP contribution >= 0.6 is 0 Å². The van der Waals surface area contributed by atoms with Gasteiger partial charge < -0.3 is 20.4 Å². The summed E-state index contributed by atoms with van der Waals surface area (Å²) in [4.78, 5) is 27.7. The summed E-state index contributed by atoms with van der Waals surface area (Å²) in [6, 6.07) is 21.7. The Hall–Kier alpha value is -4.76. The van der Waals surface area contributed by atoms with Gasteiger partial charge in [0, 0.05) is 12.1 Å². The van der Waals surface area contributed by atoms with E-state index >= 15 is 0 Å². The van der Waals surface area contributed by atoms with E-state index < -0.39 is 11.8 Å². The lowest BCUT2D eigenvalue weighted by atomic mass is 10.1. The van der Waals surface area contributed by atoms with Gasteiger partial charge >= 0.3 is 6.03 Å². The van der Waals surface area contributed by atoms with Gasteiger partial charge in [0.2, 0.25) is 5.88 Å². The first kappa shape index (κ1) is 24.0. The summed E-state index contributed by atoms with van der Waals surface area (Å²) in [7, 11) is 4.00. The number of nitrogens with zero attached hydrogens (tertiary/aromatic N) is 4. The third kappa shape index (κ3) is 4.98. The molecular formula is C28H25FN6O2. The highest BCUT2D eigenvalue weighted by Gasteiger charge is 2.20. The predicted octanol–water partition coefficient (Wildman–Crippen LogP) is 5.83. The number of benzene rings is 3. The number of hydrogen-bond acceptors (Lipinski definition) is 5. The smallest absolute Gasteiger partial charge is 0.323 e. The molecule has 3 aromatic carbocycles. The number of fused-ring (bicyclic) bond motifs is 1. The molecule has 0 radical (unpaired) electrons. The van der Waals surface area contributed by atoms with Crippen molar-refractivity contribution < 1.29 is 13.9 Å². The lowest BCUT2D eigenvalue weighted by molar-refractivity contribution is 0.256. The second-order valence-corrected chi connectivity index (χ2v) is 8.73. The Morgan fingerprint density at radius 2 is 1.73 bits per heavy atom. The van der Waals surface area contributed by atoms with E-state index in [1.165, 1.54) is 29.4 Å². The molecule has 186 valence electrons. The second-order valence-electron chi connectivity index (χ2n) is 8.73. The van der Waals surface area contributed by atoms with Gasteiger partial charge in [0.25, 0.3) is 0 Å². The summed E-state index contributed by atoms with van der Waals surface area (Å²) in [5.74, 6) is 0.446. The molecule has 5 rings (SSSR count). The number of aromatic nitrogens is 3. The molecule has 2 heterocycles. The maximum atomic E-state index is 13.7. The number of rotatable bonds is 7. The highest BCUT2D eigenvalue weighted by atomic mass is 19.1. The van der Waals surface area contributed by atoms with E-state index in [9.17, 15) is 9.18 Å². The van der Waals surface area contributed by atoms with Gasteiger partial charge in [-0.05, 0) is 62.1 Å². The van der Waals surface area contributed by atoms with E-state index in [4.69, 9.17) is 10.5 Å². The molecule has 0 atom stereocenters. The summed E-state index contributed by atoms with van der Waals surface area (Å²) in [5, 5.41) is 0.789. The number of aromatic amines is 1. The SMILES string of the molecule is CN(C)Cc1c(-c2ccccc2)[nH]c2ncnc(Oc3ccc(N(C(N)=O)c4cccc(F)c4)cc3)c12. The maximum Gasteiger partial charge on any atom is 0.323 e. The molecule has 0 spiro atoms. The predicted molar refractivity (Wildman–Crippen MR) is 141 cm³/mol. The normalized spacial score (nSPS) is 11.1. The van der Waals surface area contributed by atoms with Crippen LogP contribution in [0, 0.1) is 5.82 Å². The van der Waals surface area contributed by atoms with Crippen molar-refractivity contribution in [3.63, 3.8) is 0 Å². The average Bonchev–Trinajstić information content (AvgIpc) is 3.24. The van der Waals surface area contributed by atoms with E-state index in [0.29, 0.717) is 35.2 Å². The molecule has 2 amide bonds. The lowest BCUT2D eigenvalue weighted by Gasteiger charge is -2.21. The molecule has 0 saturated carbocycles. The van der Waals surface area contributed by atoms with Crippen molar-refractivity contribution in [2.45, 2.75) is 6.54 Å². The Morgan fingerprint density at radius 3 is 2.41 bits per heavy atom. The van der Waals surface area contributed by atoms with Crippen LogP contribution in [0.25, 0.3) is 22.3 Å². The Kier molecular flexibility index (Phi) is 6.53. The Bertz CT molecular complexity index is 1550. The molecule has 3 N–H and O–H groups in total. The number of halogens is 1. The Labute approximate surface area is 213 Å². The zero-order valence-corrected chi connectivity index (χ0v) is 20.4. The fraction of sp³-hybridized carbons (Fsp3) is 0.107. The fourth-order valence-electron chi connectivity index (χ4n) is 4.25. The van der Waals surface area contributed by atoms with E-state index in [0.717, 1.165) is 22.2 Å². The van der Waals surface area contributed by atoms with Crippen LogP contribution in [0.2, 0.25) is 0 Å². The minimum atomic E-state index is -0.731. The zero-order chi connectivity index (χ0) is 25.9. The van der Waals surface area contributed by atoms with Crippen molar-refractivity contribution >= 4 is 28.4 Å². The van der Waals surface area contributed by atoms with Gasteiger partial charge in [0.05, 0.1) is 22.5 Å². The van der Waals surface area contributed by atoms with Crippen LogP contribution < -0.4 is 15.4 Å². The average molecular weight is 497 g/mol. The minimum Gasteiger partial charge on any atom is -0.438 e. The van der Waals surface area contributed by atoms with E-state index in [-0.39, 0.29) is 0 Å². The largest absolute Gasteiger partial charge is 0.438 e. The van der Waals surface area contributed by atoms with Crippen LogP contribution in [-0.4, -0.2) is 40.0 Å². The third-order valence-corrected chi connectivity index (χ3v) is 5.79. The molecule has 9 heteroatoms. The van der Waals surface area contributed by atoms with Crippen LogP contribution in [-0.2, 0) is 6.54 Å². The number of anilines is 2. The first-order valence-electron chi connectivity index (χ1n) is 11.6. The van der Waals surface area contributed by atoms with Gasteiger partial charge in [-0.15, -0.1) is 0 Å². The number of primary amides is 1. The molecule has 0 unspecified atom stereocenters. The molecular weight excluding hydrogens is 471 g/mol. The third-order valence-electron chi connectivity index (χ3n) is 5.79. The number of amides is 2. The quantitative estimate of drug-likeness (QED) is 0.295. The van der Waals surface area contributed by atoms with E-state index in [1.54, 1.807) is 30.3 Å². The van der Waals surface area contributed by atoms with Crippen LogP contribution in [0.1, 0.15) is 5.56 Å². The molecule has 0 saturated heterocycles. The van der Waals surface area contributed by atoms with Crippen molar-refractivity contribution in [2.75, 3.05) is 19.0 Å². The van der Waals surface area contributed by atoms with Crippen molar-refractivity contribution in [2.24, 2.45) is 5.73 Å². The molecule has 0 aliphatic carbocycles. The number of urea groups is 1. The number of ether oxygens (including phenoxy) is 1. The van der Waals surface area contributed by atoms with Crippen LogP contribution in [0.5, 0.6) is 11.6 Å². The molecule has 5 aromatic rings. The van der Waals surface area contributed by atoms with Crippen molar-refractivity contribution in [1.29, 1.82) is 0 Å². The molecule has 0 fully saturated rings. The molecule has 0 aliphatic rings. The van der Waals surface area contributed by atoms with Gasteiger partial charge in [-0.25, -0.2) is 19.2 Å². The Balaban J connectivity index is 1.51. The van der Waals surface area contributed by atoms with E-state index in [2.05, 4.69) is 19.9 Å². The topological polar surface area (TPSA) is 100 Å².